The van der Waals surface area contributed by atoms with E-state index in [9.17, 15) is 4.79 Å². The van der Waals surface area contributed by atoms with Crippen LogP contribution in [0.1, 0.15) is 12.6 Å². The highest BCUT2D eigenvalue weighted by atomic mass is 16.2. The predicted octanol–water partition coefficient (Wildman–Crippen LogP) is 0.834. The van der Waals surface area contributed by atoms with Crippen molar-refractivity contribution < 1.29 is 4.79 Å². The lowest BCUT2D eigenvalue weighted by Crippen LogP contribution is -2.50. The maximum Gasteiger partial charge on any atom is 0.226 e. The molecule has 1 saturated heterocycles. The number of nitrogens with one attached hydrogen (secondary N) is 1. The first-order valence-electron chi connectivity index (χ1n) is 8.25. The van der Waals surface area contributed by atoms with Crippen molar-refractivity contribution in [3.8, 4) is 0 Å². The SMILES string of the molecule is CNCC(C)C(=O)N1CCN(Cc2cn3ccccc3n2)CC1. The molecule has 0 saturated carbocycles. The minimum atomic E-state index is 0.0463. The van der Waals surface area contributed by atoms with Crippen LogP contribution in [0.2, 0.25) is 0 Å². The number of nitrogens with zero attached hydrogens (tertiary/aromatic N) is 4. The van der Waals surface area contributed by atoms with E-state index < -0.39 is 0 Å². The highest BCUT2D eigenvalue weighted by molar-refractivity contribution is 5.78. The Labute approximate surface area is 137 Å². The zero-order valence-corrected chi connectivity index (χ0v) is 13.9. The number of amides is 1. The lowest BCUT2D eigenvalue weighted by atomic mass is 10.1. The van der Waals surface area contributed by atoms with Gasteiger partial charge in [-0.25, -0.2) is 4.98 Å². The summed E-state index contributed by atoms with van der Waals surface area (Å²) in [6.45, 7) is 7.00. The summed E-state index contributed by atoms with van der Waals surface area (Å²) in [7, 11) is 1.89. The third-order valence-electron chi connectivity index (χ3n) is 4.42. The number of piperazine rings is 1. The van der Waals surface area contributed by atoms with Gasteiger partial charge in [-0.1, -0.05) is 13.0 Å². The Morgan fingerprint density at radius 3 is 2.78 bits per heavy atom. The second kappa shape index (κ2) is 7.10. The Bertz CT molecular complexity index is 627. The van der Waals surface area contributed by atoms with E-state index in [4.69, 9.17) is 0 Å². The monoisotopic (exact) mass is 315 g/mol. The molecule has 1 fully saturated rings. The first kappa shape index (κ1) is 16.0. The standard InChI is InChI=1S/C17H25N5O/c1-14(11-18-2)17(23)21-9-7-20(8-10-21)12-15-13-22-6-4-3-5-16(22)19-15/h3-6,13-14,18H,7-12H2,1-2H3. The normalized spacial score (nSPS) is 17.6. The fraction of sp³-hybridized carbons (Fsp3) is 0.529. The average molecular weight is 315 g/mol. The fourth-order valence-corrected chi connectivity index (χ4v) is 3.12. The zero-order chi connectivity index (χ0) is 16.2. The maximum absolute atomic E-state index is 12.3. The summed E-state index contributed by atoms with van der Waals surface area (Å²) in [5.41, 5.74) is 2.07. The summed E-state index contributed by atoms with van der Waals surface area (Å²) in [6, 6.07) is 6.03. The molecule has 6 nitrogen and oxygen atoms in total. The lowest BCUT2D eigenvalue weighted by molar-refractivity contribution is -0.136. The Hall–Kier alpha value is -1.92. The quantitative estimate of drug-likeness (QED) is 0.888. The largest absolute Gasteiger partial charge is 0.340 e. The van der Waals surface area contributed by atoms with E-state index in [0.29, 0.717) is 0 Å². The Morgan fingerprint density at radius 1 is 1.30 bits per heavy atom. The van der Waals surface area contributed by atoms with Crippen molar-refractivity contribution >= 4 is 11.6 Å². The van der Waals surface area contributed by atoms with Gasteiger partial charge in [0.15, 0.2) is 0 Å². The van der Waals surface area contributed by atoms with Crippen LogP contribution >= 0.6 is 0 Å². The van der Waals surface area contributed by atoms with Crippen LogP contribution in [-0.2, 0) is 11.3 Å². The maximum atomic E-state index is 12.3. The molecule has 2 aromatic heterocycles. The molecule has 6 heteroatoms. The fourth-order valence-electron chi connectivity index (χ4n) is 3.12. The molecule has 2 aromatic rings. The number of aromatic nitrogens is 2. The van der Waals surface area contributed by atoms with E-state index in [1.807, 2.05) is 43.3 Å². The Balaban J connectivity index is 1.53. The third-order valence-corrected chi connectivity index (χ3v) is 4.42. The van der Waals surface area contributed by atoms with Gasteiger partial charge in [-0.05, 0) is 19.2 Å². The molecule has 0 aliphatic carbocycles. The number of carbonyl (C=O) groups excluding carboxylic acids is 1. The van der Waals surface area contributed by atoms with Crippen molar-refractivity contribution in [3.05, 3.63) is 36.3 Å². The molecule has 0 spiro atoms. The smallest absolute Gasteiger partial charge is 0.226 e. The number of rotatable bonds is 5. The van der Waals surface area contributed by atoms with Crippen LogP contribution < -0.4 is 5.32 Å². The summed E-state index contributed by atoms with van der Waals surface area (Å²) in [6.07, 6.45) is 4.10. The number of imidazole rings is 1. The van der Waals surface area contributed by atoms with Gasteiger partial charge in [0.25, 0.3) is 0 Å². The second-order valence-corrected chi connectivity index (χ2v) is 6.26. The molecule has 1 aliphatic heterocycles. The number of pyridine rings is 1. The van der Waals surface area contributed by atoms with E-state index in [-0.39, 0.29) is 11.8 Å². The highest BCUT2D eigenvalue weighted by Gasteiger charge is 2.24. The van der Waals surface area contributed by atoms with E-state index in [1.165, 1.54) is 0 Å². The van der Waals surface area contributed by atoms with Crippen molar-refractivity contribution in [2.75, 3.05) is 39.8 Å². The van der Waals surface area contributed by atoms with Gasteiger partial charge in [0.05, 0.1) is 5.69 Å². The van der Waals surface area contributed by atoms with E-state index in [0.717, 1.165) is 50.6 Å². The summed E-state index contributed by atoms with van der Waals surface area (Å²) in [4.78, 5) is 21.3. The Kier molecular flexibility index (Phi) is 4.93. The number of fused-ring (bicyclic) bond motifs is 1. The van der Waals surface area contributed by atoms with Gasteiger partial charge in [-0.2, -0.15) is 0 Å². The van der Waals surface area contributed by atoms with Crippen LogP contribution in [-0.4, -0.2) is 64.9 Å². The van der Waals surface area contributed by atoms with Crippen molar-refractivity contribution in [2.45, 2.75) is 13.5 Å². The molecular weight excluding hydrogens is 290 g/mol. The molecule has 3 rings (SSSR count). The molecule has 0 aromatic carbocycles. The van der Waals surface area contributed by atoms with Crippen LogP contribution in [0.15, 0.2) is 30.6 Å². The van der Waals surface area contributed by atoms with Crippen molar-refractivity contribution in [1.29, 1.82) is 0 Å². The topological polar surface area (TPSA) is 52.9 Å². The third kappa shape index (κ3) is 3.71. The van der Waals surface area contributed by atoms with E-state index >= 15 is 0 Å². The number of hydrogen-bond acceptors (Lipinski definition) is 4. The average Bonchev–Trinajstić information content (AvgIpc) is 2.97. The molecule has 0 bridgehead atoms. The lowest BCUT2D eigenvalue weighted by Gasteiger charge is -2.35. The van der Waals surface area contributed by atoms with Crippen molar-refractivity contribution in [3.63, 3.8) is 0 Å². The Morgan fingerprint density at radius 2 is 2.09 bits per heavy atom. The van der Waals surface area contributed by atoms with Gasteiger partial charge in [0.2, 0.25) is 5.91 Å². The van der Waals surface area contributed by atoms with Crippen molar-refractivity contribution in [1.82, 2.24) is 24.5 Å². The van der Waals surface area contributed by atoms with Crippen LogP contribution in [0, 0.1) is 5.92 Å². The van der Waals surface area contributed by atoms with Crippen molar-refractivity contribution in [2.24, 2.45) is 5.92 Å². The highest BCUT2D eigenvalue weighted by Crippen LogP contribution is 2.11. The molecule has 1 amide bonds. The summed E-state index contributed by atoms with van der Waals surface area (Å²) >= 11 is 0. The van der Waals surface area contributed by atoms with Crippen LogP contribution in [0.25, 0.3) is 5.65 Å². The van der Waals surface area contributed by atoms with Crippen LogP contribution in [0.5, 0.6) is 0 Å². The van der Waals surface area contributed by atoms with Gasteiger partial charge < -0.3 is 14.6 Å². The van der Waals surface area contributed by atoms with Gasteiger partial charge in [-0.3, -0.25) is 9.69 Å². The minimum Gasteiger partial charge on any atom is -0.340 e. The van der Waals surface area contributed by atoms with E-state index in [2.05, 4.69) is 25.8 Å². The molecule has 23 heavy (non-hydrogen) atoms. The molecule has 124 valence electrons. The van der Waals surface area contributed by atoms with Gasteiger partial charge in [0, 0.05) is 57.6 Å². The zero-order valence-electron chi connectivity index (χ0n) is 13.9. The number of carbonyl (C=O) groups is 1. The van der Waals surface area contributed by atoms with Gasteiger partial charge in [-0.15, -0.1) is 0 Å². The first-order valence-corrected chi connectivity index (χ1v) is 8.25. The summed E-state index contributed by atoms with van der Waals surface area (Å²) in [5, 5.41) is 3.07. The molecule has 1 unspecified atom stereocenters. The van der Waals surface area contributed by atoms with E-state index in [1.54, 1.807) is 0 Å². The molecule has 3 heterocycles. The van der Waals surface area contributed by atoms with Gasteiger partial charge in [0.1, 0.15) is 5.65 Å². The molecule has 1 aliphatic rings. The minimum absolute atomic E-state index is 0.0463. The predicted molar refractivity (Wildman–Crippen MR) is 90.1 cm³/mol. The molecule has 1 atom stereocenters. The number of hydrogen-bond donors (Lipinski definition) is 1. The molecular formula is C17H25N5O. The van der Waals surface area contributed by atoms with Crippen LogP contribution in [0.4, 0.5) is 0 Å². The summed E-state index contributed by atoms with van der Waals surface area (Å²) in [5.74, 6) is 0.303. The van der Waals surface area contributed by atoms with Crippen LogP contribution in [0.3, 0.4) is 0 Å². The molecule has 0 radical (unpaired) electrons. The van der Waals surface area contributed by atoms with Gasteiger partial charge >= 0.3 is 0 Å². The summed E-state index contributed by atoms with van der Waals surface area (Å²) < 4.78 is 2.05. The molecule has 1 N–H and O–H groups in total. The second-order valence-electron chi connectivity index (χ2n) is 6.26. The first-order chi connectivity index (χ1) is 11.2.